The van der Waals surface area contributed by atoms with Crippen molar-refractivity contribution in [2.24, 2.45) is 0 Å². The molecule has 2 aromatic rings. The molecule has 1 aliphatic heterocycles. The molecule has 3 N–H and O–H groups in total. The summed E-state index contributed by atoms with van der Waals surface area (Å²) in [6.45, 7) is 1.79. The molecule has 126 valence electrons. The van der Waals surface area contributed by atoms with Gasteiger partial charge in [-0.2, -0.15) is 0 Å². The third-order valence-electron chi connectivity index (χ3n) is 3.41. The molecule has 5 nitrogen and oxygen atoms in total. The molecule has 0 saturated carbocycles. The lowest BCUT2D eigenvalue weighted by molar-refractivity contribution is 0.0682. The maximum absolute atomic E-state index is 13.5. The Labute approximate surface area is 144 Å². The summed E-state index contributed by atoms with van der Waals surface area (Å²) in [6.07, 6.45) is 3.90. The van der Waals surface area contributed by atoms with Gasteiger partial charge in [-0.1, -0.05) is 0 Å². The quantitative estimate of drug-likeness (QED) is 0.826. The molecule has 23 heavy (non-hydrogen) atoms. The molecule has 0 spiro atoms. The Hall–Kier alpha value is -1.57. The van der Waals surface area contributed by atoms with Crippen molar-refractivity contribution in [1.82, 2.24) is 4.98 Å². The molecule has 0 amide bonds. The normalized spacial score (nSPS) is 16.8. The van der Waals surface area contributed by atoms with Crippen LogP contribution >= 0.6 is 23.7 Å². The molecule has 3 rings (SSSR count). The Kier molecular flexibility index (Phi) is 6.44. The predicted octanol–water partition coefficient (Wildman–Crippen LogP) is 3.46. The van der Waals surface area contributed by atoms with Crippen molar-refractivity contribution in [3.63, 3.8) is 0 Å². The third kappa shape index (κ3) is 4.95. The summed E-state index contributed by atoms with van der Waals surface area (Å²) in [5.74, 6) is 0.310. The zero-order valence-corrected chi connectivity index (χ0v) is 14.1. The van der Waals surface area contributed by atoms with Crippen molar-refractivity contribution in [3.8, 4) is 5.75 Å². The average molecular weight is 360 g/mol. The first-order valence-corrected chi connectivity index (χ1v) is 8.00. The molecule has 1 saturated heterocycles. The molecule has 1 atom stereocenters. The SMILES string of the molecule is Cl.Nc1ncc(CNc2cc(F)ccc2OCC2CCCO2)s1. The minimum absolute atomic E-state index is 0. The third-order valence-corrected chi connectivity index (χ3v) is 4.24. The predicted molar refractivity (Wildman–Crippen MR) is 92.0 cm³/mol. The van der Waals surface area contributed by atoms with Crippen LogP contribution in [0.2, 0.25) is 0 Å². The van der Waals surface area contributed by atoms with Crippen molar-refractivity contribution in [2.75, 3.05) is 24.3 Å². The second-order valence-electron chi connectivity index (χ2n) is 5.10. The number of aromatic nitrogens is 1. The number of nitrogens with one attached hydrogen (secondary N) is 1. The zero-order chi connectivity index (χ0) is 15.4. The Bertz CT molecular complexity index is 635. The number of benzene rings is 1. The van der Waals surface area contributed by atoms with Gasteiger partial charge in [0.1, 0.15) is 18.2 Å². The molecule has 2 heterocycles. The van der Waals surface area contributed by atoms with Crippen LogP contribution in [0.15, 0.2) is 24.4 Å². The largest absolute Gasteiger partial charge is 0.489 e. The van der Waals surface area contributed by atoms with Gasteiger partial charge >= 0.3 is 0 Å². The lowest BCUT2D eigenvalue weighted by Gasteiger charge is -2.15. The van der Waals surface area contributed by atoms with Crippen LogP contribution in [0.1, 0.15) is 17.7 Å². The highest BCUT2D eigenvalue weighted by molar-refractivity contribution is 7.15. The Balaban J connectivity index is 0.00000192. The molecule has 0 bridgehead atoms. The number of nitrogens with two attached hydrogens (primary N) is 1. The van der Waals surface area contributed by atoms with E-state index in [9.17, 15) is 4.39 Å². The molecule has 1 unspecified atom stereocenters. The molecule has 1 aromatic carbocycles. The Morgan fingerprint density at radius 2 is 2.35 bits per heavy atom. The number of halogens is 2. The van der Waals surface area contributed by atoms with Crippen LogP contribution in [-0.4, -0.2) is 24.3 Å². The Morgan fingerprint density at radius 3 is 3.04 bits per heavy atom. The lowest BCUT2D eigenvalue weighted by atomic mass is 10.2. The number of nitrogen functional groups attached to an aromatic ring is 1. The average Bonchev–Trinajstić information content (AvgIpc) is 3.15. The first-order valence-electron chi connectivity index (χ1n) is 7.19. The second kappa shape index (κ2) is 8.33. The Morgan fingerprint density at radius 1 is 1.48 bits per heavy atom. The molecule has 1 aromatic heterocycles. The van der Waals surface area contributed by atoms with Crippen LogP contribution in [0.4, 0.5) is 15.2 Å². The maximum atomic E-state index is 13.5. The van der Waals surface area contributed by atoms with E-state index in [4.69, 9.17) is 15.2 Å². The van der Waals surface area contributed by atoms with Crippen LogP contribution in [-0.2, 0) is 11.3 Å². The summed E-state index contributed by atoms with van der Waals surface area (Å²) in [5.41, 5.74) is 6.22. The van der Waals surface area contributed by atoms with Crippen molar-refractivity contribution >= 4 is 34.6 Å². The van der Waals surface area contributed by atoms with Gasteiger partial charge in [-0.05, 0) is 25.0 Å². The number of hydrogen-bond acceptors (Lipinski definition) is 6. The summed E-state index contributed by atoms with van der Waals surface area (Å²) in [6, 6.07) is 4.45. The highest BCUT2D eigenvalue weighted by Crippen LogP contribution is 2.27. The number of nitrogens with zero attached hydrogens (tertiary/aromatic N) is 1. The van der Waals surface area contributed by atoms with E-state index in [1.807, 2.05) is 0 Å². The van der Waals surface area contributed by atoms with Crippen LogP contribution in [0, 0.1) is 5.82 Å². The first kappa shape index (κ1) is 17.8. The topological polar surface area (TPSA) is 69.4 Å². The fourth-order valence-corrected chi connectivity index (χ4v) is 2.94. The smallest absolute Gasteiger partial charge is 0.180 e. The van der Waals surface area contributed by atoms with Crippen molar-refractivity contribution in [2.45, 2.75) is 25.5 Å². The molecular formula is C15H19ClFN3O2S. The van der Waals surface area contributed by atoms with Crippen molar-refractivity contribution < 1.29 is 13.9 Å². The van der Waals surface area contributed by atoms with Gasteiger partial charge in [0.15, 0.2) is 5.13 Å². The van der Waals surface area contributed by atoms with Crippen molar-refractivity contribution in [3.05, 3.63) is 35.1 Å². The van der Waals surface area contributed by atoms with Crippen LogP contribution < -0.4 is 15.8 Å². The van der Waals surface area contributed by atoms with Crippen LogP contribution in [0.3, 0.4) is 0 Å². The molecule has 8 heteroatoms. The van der Waals surface area contributed by atoms with Gasteiger partial charge in [-0.25, -0.2) is 9.37 Å². The van der Waals surface area contributed by atoms with Crippen LogP contribution in [0.5, 0.6) is 5.75 Å². The van der Waals surface area contributed by atoms with E-state index in [-0.39, 0.29) is 24.3 Å². The van der Waals surface area contributed by atoms with E-state index in [1.54, 1.807) is 12.3 Å². The van der Waals surface area contributed by atoms with Gasteiger partial charge < -0.3 is 20.5 Å². The van der Waals surface area contributed by atoms with Gasteiger partial charge in [-0.3, -0.25) is 0 Å². The maximum Gasteiger partial charge on any atom is 0.180 e. The number of anilines is 2. The fourth-order valence-electron chi connectivity index (χ4n) is 2.31. The minimum Gasteiger partial charge on any atom is -0.489 e. The lowest BCUT2D eigenvalue weighted by Crippen LogP contribution is -2.17. The van der Waals surface area contributed by atoms with Gasteiger partial charge in [0, 0.05) is 23.7 Å². The molecule has 1 aliphatic rings. The number of rotatable bonds is 6. The van der Waals surface area contributed by atoms with Gasteiger partial charge in [0.05, 0.1) is 18.3 Å². The highest BCUT2D eigenvalue weighted by Gasteiger charge is 2.17. The summed E-state index contributed by atoms with van der Waals surface area (Å²) in [4.78, 5) is 4.97. The number of ether oxygens (including phenoxy) is 2. The van der Waals surface area contributed by atoms with E-state index in [0.29, 0.717) is 29.7 Å². The van der Waals surface area contributed by atoms with E-state index >= 15 is 0 Å². The van der Waals surface area contributed by atoms with E-state index in [1.165, 1.54) is 23.5 Å². The minimum atomic E-state index is -0.309. The zero-order valence-electron chi connectivity index (χ0n) is 12.5. The van der Waals surface area contributed by atoms with Gasteiger partial charge in [0.2, 0.25) is 0 Å². The highest BCUT2D eigenvalue weighted by atomic mass is 35.5. The standard InChI is InChI=1S/C15H18FN3O2S.ClH/c16-10-3-4-14(21-9-11-2-1-5-20-11)13(6-10)18-7-12-8-19-15(17)22-12;/h3-4,6,8,11,18H,1-2,5,7,9H2,(H2,17,19);1H. The van der Waals surface area contributed by atoms with Gasteiger partial charge in [-0.15, -0.1) is 23.7 Å². The first-order chi connectivity index (χ1) is 10.7. The van der Waals surface area contributed by atoms with Gasteiger partial charge in [0.25, 0.3) is 0 Å². The van der Waals surface area contributed by atoms with Crippen molar-refractivity contribution in [1.29, 1.82) is 0 Å². The summed E-state index contributed by atoms with van der Waals surface area (Å²) in [5, 5.41) is 3.69. The summed E-state index contributed by atoms with van der Waals surface area (Å²) in [7, 11) is 0. The summed E-state index contributed by atoms with van der Waals surface area (Å²) >= 11 is 1.40. The second-order valence-corrected chi connectivity index (χ2v) is 6.25. The van der Waals surface area contributed by atoms with E-state index in [0.717, 1.165) is 24.3 Å². The van der Waals surface area contributed by atoms with Crippen LogP contribution in [0.25, 0.3) is 0 Å². The number of thiazole rings is 1. The summed E-state index contributed by atoms with van der Waals surface area (Å²) < 4.78 is 24.8. The number of hydrogen-bond donors (Lipinski definition) is 2. The van der Waals surface area contributed by atoms with E-state index < -0.39 is 0 Å². The van der Waals surface area contributed by atoms with E-state index in [2.05, 4.69) is 10.3 Å². The molecular weight excluding hydrogens is 341 g/mol. The molecule has 1 fully saturated rings. The monoisotopic (exact) mass is 359 g/mol. The molecule has 0 aliphatic carbocycles. The molecule has 0 radical (unpaired) electrons. The fraction of sp³-hybridized carbons (Fsp3) is 0.400.